The predicted octanol–water partition coefficient (Wildman–Crippen LogP) is 2.93. The standard InChI is InChI=1S/C19H24FNO2.C2N2/c1-21(2)13-5-12-19(23,16-8-10-17(20)11-9-16)18-7-4-3-6-15(18)14-22;3-1-2-4/h3-4,6-11,22-23H,5,12-14H2,1-2H3;/t19-;/m0./s1. The van der Waals surface area contributed by atoms with Crippen LogP contribution in [0.3, 0.4) is 0 Å². The third-order valence-corrected chi connectivity index (χ3v) is 4.15. The van der Waals surface area contributed by atoms with Crippen LogP contribution < -0.4 is 0 Å². The van der Waals surface area contributed by atoms with Crippen LogP contribution in [0, 0.1) is 28.5 Å². The maximum Gasteiger partial charge on any atom is 0.181 e. The molecule has 0 heterocycles. The summed E-state index contributed by atoms with van der Waals surface area (Å²) >= 11 is 0. The molecule has 0 aliphatic heterocycles. The third kappa shape index (κ3) is 6.47. The number of halogens is 1. The number of nitrogens with zero attached hydrogens (tertiary/aromatic N) is 3. The van der Waals surface area contributed by atoms with Crippen molar-refractivity contribution in [3.8, 4) is 12.1 Å². The van der Waals surface area contributed by atoms with E-state index in [4.69, 9.17) is 10.5 Å². The largest absolute Gasteiger partial charge is 0.392 e. The number of hydrogen-bond acceptors (Lipinski definition) is 5. The fraction of sp³-hybridized carbons (Fsp3) is 0.333. The van der Waals surface area contributed by atoms with Crippen LogP contribution in [0.1, 0.15) is 29.5 Å². The van der Waals surface area contributed by atoms with Gasteiger partial charge in [-0.25, -0.2) is 4.39 Å². The minimum absolute atomic E-state index is 0.145. The Bertz CT molecular complexity index is 782. The van der Waals surface area contributed by atoms with Crippen LogP contribution in [0.25, 0.3) is 0 Å². The van der Waals surface area contributed by atoms with Gasteiger partial charge < -0.3 is 15.1 Å². The topological polar surface area (TPSA) is 91.3 Å². The smallest absolute Gasteiger partial charge is 0.181 e. The van der Waals surface area contributed by atoms with Gasteiger partial charge in [-0.2, -0.15) is 10.5 Å². The third-order valence-electron chi connectivity index (χ3n) is 4.15. The molecule has 5 nitrogen and oxygen atoms in total. The molecule has 142 valence electrons. The Labute approximate surface area is 159 Å². The first-order chi connectivity index (χ1) is 12.9. The molecule has 0 fully saturated rings. The zero-order chi connectivity index (χ0) is 20.3. The summed E-state index contributed by atoms with van der Waals surface area (Å²) in [5, 5.41) is 35.6. The van der Waals surface area contributed by atoms with Crippen molar-refractivity contribution in [1.82, 2.24) is 4.90 Å². The maximum absolute atomic E-state index is 13.3. The summed E-state index contributed by atoms with van der Waals surface area (Å²) in [7, 11) is 3.97. The number of aliphatic hydroxyl groups excluding tert-OH is 1. The van der Waals surface area contributed by atoms with Crippen molar-refractivity contribution >= 4 is 0 Å². The van der Waals surface area contributed by atoms with Crippen LogP contribution in [0.2, 0.25) is 0 Å². The monoisotopic (exact) mass is 369 g/mol. The van der Waals surface area contributed by atoms with Gasteiger partial charge >= 0.3 is 0 Å². The summed E-state index contributed by atoms with van der Waals surface area (Å²) in [6.07, 6.45) is 1.27. The van der Waals surface area contributed by atoms with Crippen LogP contribution in [0.15, 0.2) is 48.5 Å². The van der Waals surface area contributed by atoms with Gasteiger partial charge in [-0.05, 0) is 62.3 Å². The number of rotatable bonds is 7. The molecule has 0 bridgehead atoms. The van der Waals surface area contributed by atoms with Gasteiger partial charge in [-0.15, -0.1) is 0 Å². The lowest BCUT2D eigenvalue weighted by molar-refractivity contribution is 0.0641. The second kappa shape index (κ2) is 11.1. The van der Waals surface area contributed by atoms with Crippen LogP contribution in [0.5, 0.6) is 0 Å². The van der Waals surface area contributed by atoms with E-state index in [2.05, 4.69) is 4.90 Å². The van der Waals surface area contributed by atoms with Crippen LogP contribution >= 0.6 is 0 Å². The molecule has 0 saturated heterocycles. The van der Waals surface area contributed by atoms with Crippen molar-refractivity contribution in [3.05, 3.63) is 71.0 Å². The Kier molecular flexibility index (Phi) is 9.12. The first-order valence-corrected chi connectivity index (χ1v) is 8.49. The van der Waals surface area contributed by atoms with E-state index in [1.807, 2.05) is 32.3 Å². The van der Waals surface area contributed by atoms with Gasteiger partial charge in [0.25, 0.3) is 0 Å². The maximum atomic E-state index is 13.3. The van der Waals surface area contributed by atoms with E-state index in [1.54, 1.807) is 18.2 Å². The van der Waals surface area contributed by atoms with Crippen molar-refractivity contribution in [3.63, 3.8) is 0 Å². The molecular weight excluding hydrogens is 345 g/mol. The summed E-state index contributed by atoms with van der Waals surface area (Å²) in [6.45, 7) is 0.693. The lowest BCUT2D eigenvalue weighted by Crippen LogP contribution is -2.30. The number of nitriles is 2. The molecule has 0 saturated carbocycles. The molecule has 2 N–H and O–H groups in total. The molecule has 0 aliphatic rings. The van der Waals surface area contributed by atoms with Crippen LogP contribution in [-0.2, 0) is 12.2 Å². The quantitative estimate of drug-likeness (QED) is 0.783. The van der Waals surface area contributed by atoms with Crippen molar-refractivity contribution in [1.29, 1.82) is 10.5 Å². The normalized spacial score (nSPS) is 12.3. The zero-order valence-electron chi connectivity index (χ0n) is 15.6. The fourth-order valence-corrected chi connectivity index (χ4v) is 2.87. The first-order valence-electron chi connectivity index (χ1n) is 8.49. The van der Waals surface area contributed by atoms with Crippen molar-refractivity contribution in [2.24, 2.45) is 0 Å². The average Bonchev–Trinajstić information content (AvgIpc) is 2.68. The van der Waals surface area contributed by atoms with E-state index in [9.17, 15) is 14.6 Å². The molecule has 1 atom stereocenters. The van der Waals surface area contributed by atoms with E-state index in [1.165, 1.54) is 24.3 Å². The van der Waals surface area contributed by atoms with Gasteiger partial charge in [-0.1, -0.05) is 36.4 Å². The Morgan fingerprint density at radius 2 is 1.63 bits per heavy atom. The summed E-state index contributed by atoms with van der Waals surface area (Å²) < 4.78 is 13.3. The molecule has 27 heavy (non-hydrogen) atoms. The molecule has 2 rings (SSSR count). The highest BCUT2D eigenvalue weighted by Crippen LogP contribution is 2.36. The van der Waals surface area contributed by atoms with E-state index in [0.717, 1.165) is 13.0 Å². The van der Waals surface area contributed by atoms with Gasteiger partial charge in [0, 0.05) is 0 Å². The highest BCUT2D eigenvalue weighted by Gasteiger charge is 2.33. The molecule has 0 unspecified atom stereocenters. The Morgan fingerprint density at radius 3 is 2.15 bits per heavy atom. The lowest BCUT2D eigenvalue weighted by atomic mass is 9.80. The van der Waals surface area contributed by atoms with E-state index < -0.39 is 5.60 Å². The van der Waals surface area contributed by atoms with Gasteiger partial charge in [-0.3, -0.25) is 0 Å². The number of aliphatic hydroxyl groups is 2. The molecule has 2 aromatic carbocycles. The van der Waals surface area contributed by atoms with Crippen LogP contribution in [-0.4, -0.2) is 35.8 Å². The molecule has 0 radical (unpaired) electrons. The van der Waals surface area contributed by atoms with Crippen molar-refractivity contribution < 1.29 is 14.6 Å². The Balaban J connectivity index is 0.000000828. The summed E-state index contributed by atoms with van der Waals surface area (Å²) in [5.41, 5.74) is 0.749. The number of benzene rings is 2. The van der Waals surface area contributed by atoms with E-state index in [0.29, 0.717) is 23.1 Å². The average molecular weight is 369 g/mol. The molecule has 6 heteroatoms. The second-order valence-electron chi connectivity index (χ2n) is 6.31. The zero-order valence-corrected chi connectivity index (χ0v) is 15.6. The highest BCUT2D eigenvalue weighted by molar-refractivity contribution is 5.40. The SMILES string of the molecule is CN(C)CCC[C@](O)(c1ccc(F)cc1)c1ccccc1CO.N#CC#N. The van der Waals surface area contributed by atoms with Gasteiger partial charge in [0.15, 0.2) is 12.1 Å². The molecule has 2 aromatic rings. The van der Waals surface area contributed by atoms with Crippen molar-refractivity contribution in [2.45, 2.75) is 25.0 Å². The Morgan fingerprint density at radius 1 is 1.04 bits per heavy atom. The summed E-state index contributed by atoms with van der Waals surface area (Å²) in [6, 6.07) is 15.7. The molecule has 0 spiro atoms. The molecule has 0 aromatic heterocycles. The molecular formula is C21H24FN3O2. The number of hydrogen-bond donors (Lipinski definition) is 2. The van der Waals surface area contributed by atoms with E-state index >= 15 is 0 Å². The second-order valence-corrected chi connectivity index (χ2v) is 6.31. The minimum atomic E-state index is -1.25. The van der Waals surface area contributed by atoms with Gasteiger partial charge in [0.2, 0.25) is 0 Å². The van der Waals surface area contributed by atoms with Gasteiger partial charge in [0.05, 0.1) is 6.61 Å². The first kappa shape index (κ1) is 22.3. The Hall–Kier alpha value is -2.77. The predicted molar refractivity (Wildman–Crippen MR) is 101 cm³/mol. The highest BCUT2D eigenvalue weighted by atomic mass is 19.1. The van der Waals surface area contributed by atoms with Crippen LogP contribution in [0.4, 0.5) is 4.39 Å². The molecule has 0 amide bonds. The lowest BCUT2D eigenvalue weighted by Gasteiger charge is -2.31. The summed E-state index contributed by atoms with van der Waals surface area (Å²) in [5.74, 6) is -0.333. The fourth-order valence-electron chi connectivity index (χ4n) is 2.87. The van der Waals surface area contributed by atoms with E-state index in [-0.39, 0.29) is 12.4 Å². The minimum Gasteiger partial charge on any atom is -0.392 e. The molecule has 0 aliphatic carbocycles. The van der Waals surface area contributed by atoms with Gasteiger partial charge in [0.1, 0.15) is 11.4 Å². The van der Waals surface area contributed by atoms with Crippen molar-refractivity contribution in [2.75, 3.05) is 20.6 Å². The summed E-state index contributed by atoms with van der Waals surface area (Å²) in [4.78, 5) is 2.06.